The first-order valence-corrected chi connectivity index (χ1v) is 6.83. The van der Waals surface area contributed by atoms with Gasteiger partial charge in [-0.1, -0.05) is 29.3 Å². The highest BCUT2D eigenvalue weighted by atomic mass is 79.9. The molecule has 0 fully saturated rings. The van der Waals surface area contributed by atoms with E-state index in [1.807, 2.05) is 0 Å². The van der Waals surface area contributed by atoms with Crippen LogP contribution < -0.4 is 0 Å². The van der Waals surface area contributed by atoms with Crippen molar-refractivity contribution < 1.29 is 4.21 Å². The molecule has 1 unspecified atom stereocenters. The fourth-order valence-electron chi connectivity index (χ4n) is 0.864. The van der Waals surface area contributed by atoms with Gasteiger partial charge in [-0.25, -0.2) is 0 Å². The van der Waals surface area contributed by atoms with Gasteiger partial charge in [-0.3, -0.25) is 4.21 Å². The molecule has 0 saturated carbocycles. The molecule has 1 nitrogen and oxygen atoms in total. The zero-order valence-electron chi connectivity index (χ0n) is 7.14. The van der Waals surface area contributed by atoms with Crippen LogP contribution in [-0.2, 0) is 10.8 Å². The average molecular weight is 241 g/mol. The van der Waals surface area contributed by atoms with E-state index >= 15 is 0 Å². The van der Waals surface area contributed by atoms with Crippen molar-refractivity contribution in [2.75, 3.05) is 16.8 Å². The number of hydrogen-bond donors (Lipinski definition) is 0. The number of hydrogen-bond acceptors (Lipinski definition) is 1. The second kappa shape index (κ2) is 8.72. The molecule has 3 heteroatoms. The van der Waals surface area contributed by atoms with Crippen LogP contribution in [0.4, 0.5) is 0 Å². The van der Waals surface area contributed by atoms with Gasteiger partial charge in [-0.2, -0.15) is 0 Å². The quantitative estimate of drug-likeness (QED) is 0.494. The molecule has 0 spiro atoms. The number of rotatable bonds is 7. The highest BCUT2D eigenvalue weighted by molar-refractivity contribution is 9.09. The average Bonchev–Trinajstić information content (AvgIpc) is 1.99. The normalized spacial score (nSPS) is 13.3. The van der Waals surface area contributed by atoms with Gasteiger partial charge in [-0.15, -0.1) is 0 Å². The molecule has 0 aromatic carbocycles. The summed E-state index contributed by atoms with van der Waals surface area (Å²) < 4.78 is 11.1. The van der Waals surface area contributed by atoms with Gasteiger partial charge in [0.25, 0.3) is 0 Å². The predicted octanol–water partition coefficient (Wildman–Crippen LogP) is 2.71. The maximum absolute atomic E-state index is 11.1. The molecule has 0 radical (unpaired) electrons. The monoisotopic (exact) mass is 240 g/mol. The molecule has 0 aliphatic heterocycles. The molecule has 0 aromatic rings. The van der Waals surface area contributed by atoms with Crippen LogP contribution in [0.3, 0.4) is 0 Å². The third-order valence-electron chi connectivity index (χ3n) is 1.44. The summed E-state index contributed by atoms with van der Waals surface area (Å²) in [5.74, 6) is 1.79. The minimum Gasteiger partial charge on any atom is -0.260 e. The zero-order chi connectivity index (χ0) is 8.53. The Balaban J connectivity index is 3.04. The molecule has 0 rings (SSSR count). The van der Waals surface area contributed by atoms with Gasteiger partial charge in [0.2, 0.25) is 0 Å². The third kappa shape index (κ3) is 8.54. The summed E-state index contributed by atoms with van der Waals surface area (Å²) in [6.07, 6.45) is 4.59. The van der Waals surface area contributed by atoms with Crippen LogP contribution in [-0.4, -0.2) is 21.0 Å². The van der Waals surface area contributed by atoms with Crippen LogP contribution in [0.2, 0.25) is 0 Å². The summed E-state index contributed by atoms with van der Waals surface area (Å²) in [4.78, 5) is 0. The first kappa shape index (κ1) is 11.6. The molecule has 1 atom stereocenters. The van der Waals surface area contributed by atoms with E-state index < -0.39 is 10.8 Å². The lowest BCUT2D eigenvalue weighted by Crippen LogP contribution is -2.01. The highest BCUT2D eigenvalue weighted by Crippen LogP contribution is 2.00. The van der Waals surface area contributed by atoms with Gasteiger partial charge in [-0.05, 0) is 19.3 Å². The maximum Gasteiger partial charge on any atom is 0.0234 e. The van der Waals surface area contributed by atoms with E-state index in [0.717, 1.165) is 29.7 Å². The summed E-state index contributed by atoms with van der Waals surface area (Å²) in [6, 6.07) is 0. The summed E-state index contributed by atoms with van der Waals surface area (Å²) >= 11 is 3.37. The van der Waals surface area contributed by atoms with Gasteiger partial charge < -0.3 is 0 Å². The molecule has 0 aromatic heterocycles. The fourth-order valence-corrected chi connectivity index (χ4v) is 2.45. The second-order valence-corrected chi connectivity index (χ2v) is 5.09. The topological polar surface area (TPSA) is 17.1 Å². The summed E-state index contributed by atoms with van der Waals surface area (Å²) in [5, 5.41) is 1.08. The first-order chi connectivity index (χ1) is 5.31. The Labute approximate surface area is 80.5 Å². The van der Waals surface area contributed by atoms with Gasteiger partial charge in [0.1, 0.15) is 0 Å². The van der Waals surface area contributed by atoms with E-state index in [2.05, 4.69) is 22.9 Å². The van der Waals surface area contributed by atoms with Crippen molar-refractivity contribution in [1.29, 1.82) is 0 Å². The fraction of sp³-hybridized carbons (Fsp3) is 1.00. The Kier molecular flexibility index (Phi) is 9.22. The molecule has 0 aliphatic carbocycles. The molecular weight excluding hydrogens is 224 g/mol. The summed E-state index contributed by atoms with van der Waals surface area (Å²) in [5.41, 5.74) is 0. The van der Waals surface area contributed by atoms with Crippen LogP contribution in [0.1, 0.15) is 32.6 Å². The van der Waals surface area contributed by atoms with E-state index in [-0.39, 0.29) is 0 Å². The van der Waals surface area contributed by atoms with E-state index in [0.29, 0.717) is 0 Å². The Morgan fingerprint density at radius 3 is 2.45 bits per heavy atom. The molecule has 0 aliphatic rings. The molecule has 11 heavy (non-hydrogen) atoms. The maximum atomic E-state index is 11.1. The van der Waals surface area contributed by atoms with Crippen molar-refractivity contribution in [1.82, 2.24) is 0 Å². The molecule has 0 saturated heterocycles. The number of halogens is 1. The second-order valence-electron chi connectivity index (χ2n) is 2.60. The highest BCUT2D eigenvalue weighted by Gasteiger charge is 1.96. The molecule has 68 valence electrons. The van der Waals surface area contributed by atoms with Crippen molar-refractivity contribution in [2.45, 2.75) is 32.6 Å². The smallest absolute Gasteiger partial charge is 0.0234 e. The van der Waals surface area contributed by atoms with Gasteiger partial charge >= 0.3 is 0 Å². The minimum absolute atomic E-state index is 0.539. The van der Waals surface area contributed by atoms with Crippen LogP contribution in [0, 0.1) is 0 Å². The Hall–Kier alpha value is 0.630. The third-order valence-corrected chi connectivity index (χ3v) is 3.61. The minimum atomic E-state index is -0.539. The van der Waals surface area contributed by atoms with Crippen molar-refractivity contribution >= 4 is 26.7 Å². The Morgan fingerprint density at radius 1 is 1.18 bits per heavy atom. The molecule has 0 N–H and O–H groups in total. The zero-order valence-corrected chi connectivity index (χ0v) is 9.55. The molecule has 0 heterocycles. The predicted molar refractivity (Wildman–Crippen MR) is 55.8 cm³/mol. The number of unbranched alkanes of at least 4 members (excludes halogenated alkanes) is 2. The summed E-state index contributed by atoms with van der Waals surface area (Å²) in [7, 11) is -0.539. The van der Waals surface area contributed by atoms with E-state index in [1.54, 1.807) is 0 Å². The van der Waals surface area contributed by atoms with Crippen LogP contribution in [0.25, 0.3) is 0 Å². The lowest BCUT2D eigenvalue weighted by atomic mass is 10.3. The van der Waals surface area contributed by atoms with Gasteiger partial charge in [0.05, 0.1) is 0 Å². The first-order valence-electron chi connectivity index (χ1n) is 4.22. The molecule has 0 bridgehead atoms. The van der Waals surface area contributed by atoms with E-state index in [1.165, 1.54) is 12.8 Å². The Morgan fingerprint density at radius 2 is 1.91 bits per heavy atom. The standard InChI is InChI=1S/C8H17BrOS/c1-2-7-11(10)8-5-3-4-6-9/h2-8H2,1H3. The van der Waals surface area contributed by atoms with Crippen molar-refractivity contribution in [3.8, 4) is 0 Å². The largest absolute Gasteiger partial charge is 0.260 e. The van der Waals surface area contributed by atoms with E-state index in [9.17, 15) is 4.21 Å². The lowest BCUT2D eigenvalue weighted by Gasteiger charge is -1.98. The number of alkyl halides is 1. The van der Waals surface area contributed by atoms with Crippen molar-refractivity contribution in [2.24, 2.45) is 0 Å². The lowest BCUT2D eigenvalue weighted by molar-refractivity contribution is 0.675. The van der Waals surface area contributed by atoms with Crippen molar-refractivity contribution in [3.05, 3.63) is 0 Å². The van der Waals surface area contributed by atoms with Crippen molar-refractivity contribution in [3.63, 3.8) is 0 Å². The van der Waals surface area contributed by atoms with E-state index in [4.69, 9.17) is 0 Å². The van der Waals surface area contributed by atoms with Gasteiger partial charge in [0, 0.05) is 27.6 Å². The Bertz CT molecular complexity index is 106. The summed E-state index contributed by atoms with van der Waals surface area (Å²) in [6.45, 7) is 2.08. The van der Waals surface area contributed by atoms with Crippen LogP contribution >= 0.6 is 15.9 Å². The van der Waals surface area contributed by atoms with Gasteiger partial charge in [0.15, 0.2) is 0 Å². The van der Waals surface area contributed by atoms with Crippen LogP contribution in [0.5, 0.6) is 0 Å². The SMILES string of the molecule is CCCS(=O)CCCCCBr. The molecular formula is C8H17BrOS. The molecule has 0 amide bonds. The van der Waals surface area contributed by atoms with Crippen LogP contribution in [0.15, 0.2) is 0 Å².